The van der Waals surface area contributed by atoms with Crippen LogP contribution in [0.15, 0.2) is 18.2 Å². The van der Waals surface area contributed by atoms with E-state index in [4.69, 9.17) is 5.11 Å². The Morgan fingerprint density at radius 2 is 2.00 bits per heavy atom. The quantitative estimate of drug-likeness (QED) is 0.778. The maximum atomic E-state index is 12.1. The second kappa shape index (κ2) is 6.88. The summed E-state index contributed by atoms with van der Waals surface area (Å²) in [5, 5.41) is 11.7. The fraction of sp³-hybridized carbons (Fsp3) is 0.429. The monoisotopic (exact) mass is 375 g/mol. The largest absolute Gasteiger partial charge is 0.480 e. The molecule has 19 heavy (non-hydrogen) atoms. The van der Waals surface area contributed by atoms with Gasteiger partial charge in [0, 0.05) is 9.13 Å². The first-order valence-corrected chi connectivity index (χ1v) is 7.19. The van der Waals surface area contributed by atoms with Gasteiger partial charge in [-0.3, -0.25) is 4.79 Å². The number of hydrogen-bond acceptors (Lipinski definition) is 2. The van der Waals surface area contributed by atoms with Gasteiger partial charge < -0.3 is 10.4 Å². The molecule has 0 spiro atoms. The number of hydrogen-bond donors (Lipinski definition) is 2. The average Bonchev–Trinajstić information content (AvgIpc) is 2.31. The molecular formula is C14H18INO3. The molecular weight excluding hydrogens is 357 g/mol. The van der Waals surface area contributed by atoms with Crippen LogP contribution in [0.1, 0.15) is 36.2 Å². The van der Waals surface area contributed by atoms with Crippen molar-refractivity contribution in [1.82, 2.24) is 5.32 Å². The van der Waals surface area contributed by atoms with Gasteiger partial charge in [0.15, 0.2) is 0 Å². The maximum Gasteiger partial charge on any atom is 0.326 e. The van der Waals surface area contributed by atoms with Gasteiger partial charge in [-0.15, -0.1) is 0 Å². The lowest BCUT2D eigenvalue weighted by molar-refractivity contribution is -0.139. The minimum atomic E-state index is -0.995. The van der Waals surface area contributed by atoms with Crippen LogP contribution in [0.3, 0.4) is 0 Å². The second-order valence-electron chi connectivity index (χ2n) is 4.91. The van der Waals surface area contributed by atoms with Crippen LogP contribution in [-0.2, 0) is 4.79 Å². The lowest BCUT2D eigenvalue weighted by Crippen LogP contribution is -2.41. The molecule has 0 bridgehead atoms. The number of amides is 1. The van der Waals surface area contributed by atoms with Crippen LogP contribution in [0.4, 0.5) is 0 Å². The number of halogens is 1. The van der Waals surface area contributed by atoms with Crippen molar-refractivity contribution in [2.24, 2.45) is 5.92 Å². The summed E-state index contributed by atoms with van der Waals surface area (Å²) in [4.78, 5) is 23.3. The molecule has 1 atom stereocenters. The van der Waals surface area contributed by atoms with Gasteiger partial charge in [0.05, 0.1) is 0 Å². The first-order valence-electron chi connectivity index (χ1n) is 6.11. The summed E-state index contributed by atoms with van der Waals surface area (Å²) in [7, 11) is 0. The van der Waals surface area contributed by atoms with Crippen molar-refractivity contribution in [1.29, 1.82) is 0 Å². The summed E-state index contributed by atoms with van der Waals surface area (Å²) in [6.45, 7) is 5.71. The van der Waals surface area contributed by atoms with Crippen LogP contribution < -0.4 is 5.32 Å². The van der Waals surface area contributed by atoms with Crippen LogP contribution in [0, 0.1) is 16.4 Å². The first kappa shape index (κ1) is 15.9. The zero-order chi connectivity index (χ0) is 14.6. The molecule has 4 nitrogen and oxygen atoms in total. The summed E-state index contributed by atoms with van der Waals surface area (Å²) in [6, 6.07) is 4.57. The second-order valence-corrected chi connectivity index (χ2v) is 6.07. The zero-order valence-electron chi connectivity index (χ0n) is 11.2. The molecule has 0 saturated heterocycles. The van der Waals surface area contributed by atoms with Crippen molar-refractivity contribution < 1.29 is 14.7 Å². The molecule has 0 saturated carbocycles. The minimum Gasteiger partial charge on any atom is -0.480 e. The molecule has 0 radical (unpaired) electrons. The lowest BCUT2D eigenvalue weighted by Gasteiger charge is -2.17. The van der Waals surface area contributed by atoms with Crippen LogP contribution in [0.2, 0.25) is 0 Å². The Hall–Kier alpha value is -1.11. The predicted octanol–water partition coefficient (Wildman–Crippen LogP) is 2.83. The van der Waals surface area contributed by atoms with Crippen molar-refractivity contribution in [3.63, 3.8) is 0 Å². The van der Waals surface area contributed by atoms with Crippen molar-refractivity contribution in [2.45, 2.75) is 33.2 Å². The summed E-state index contributed by atoms with van der Waals surface area (Å²) < 4.78 is 0.987. The van der Waals surface area contributed by atoms with Crippen molar-refractivity contribution in [3.05, 3.63) is 32.9 Å². The Morgan fingerprint density at radius 3 is 2.53 bits per heavy atom. The van der Waals surface area contributed by atoms with Gasteiger partial charge in [0.2, 0.25) is 0 Å². The number of aliphatic carboxylic acids is 1. The van der Waals surface area contributed by atoms with Gasteiger partial charge in [0.25, 0.3) is 5.91 Å². The smallest absolute Gasteiger partial charge is 0.326 e. The van der Waals surface area contributed by atoms with E-state index in [1.165, 1.54) is 0 Å². The van der Waals surface area contributed by atoms with Gasteiger partial charge in [-0.2, -0.15) is 0 Å². The maximum absolute atomic E-state index is 12.1. The van der Waals surface area contributed by atoms with E-state index in [-0.39, 0.29) is 11.8 Å². The van der Waals surface area contributed by atoms with E-state index >= 15 is 0 Å². The van der Waals surface area contributed by atoms with Crippen LogP contribution >= 0.6 is 22.6 Å². The Balaban J connectivity index is 2.88. The number of carboxylic acids is 1. The minimum absolute atomic E-state index is 0.207. The average molecular weight is 375 g/mol. The fourth-order valence-corrected chi connectivity index (χ4v) is 2.28. The van der Waals surface area contributed by atoms with E-state index in [0.29, 0.717) is 12.0 Å². The molecule has 0 heterocycles. The van der Waals surface area contributed by atoms with E-state index < -0.39 is 12.0 Å². The third-order valence-corrected chi connectivity index (χ3v) is 3.99. The number of carbonyl (C=O) groups is 2. The predicted molar refractivity (Wildman–Crippen MR) is 82.2 cm³/mol. The first-order chi connectivity index (χ1) is 8.82. The van der Waals surface area contributed by atoms with Gasteiger partial charge in [0.1, 0.15) is 6.04 Å². The molecule has 0 aromatic heterocycles. The molecule has 0 aliphatic carbocycles. The molecule has 2 N–H and O–H groups in total. The highest BCUT2D eigenvalue weighted by Crippen LogP contribution is 2.16. The number of carbonyl (C=O) groups excluding carboxylic acids is 1. The molecule has 0 aliphatic rings. The lowest BCUT2D eigenvalue weighted by atomic mass is 10.0. The summed E-state index contributed by atoms with van der Waals surface area (Å²) in [5.41, 5.74) is 1.40. The molecule has 0 aliphatic heterocycles. The SMILES string of the molecule is Cc1c(I)cccc1C(=O)N[C@@H](CC(C)C)C(=O)O. The highest BCUT2D eigenvalue weighted by Gasteiger charge is 2.22. The zero-order valence-corrected chi connectivity index (χ0v) is 13.4. The van der Waals surface area contributed by atoms with Crippen LogP contribution in [0.5, 0.6) is 0 Å². The molecule has 1 aromatic carbocycles. The van der Waals surface area contributed by atoms with E-state index in [0.717, 1.165) is 9.13 Å². The van der Waals surface area contributed by atoms with E-state index in [1.54, 1.807) is 12.1 Å². The van der Waals surface area contributed by atoms with Crippen molar-refractivity contribution in [2.75, 3.05) is 0 Å². The van der Waals surface area contributed by atoms with Gasteiger partial charge in [-0.1, -0.05) is 19.9 Å². The van der Waals surface area contributed by atoms with Crippen LogP contribution in [-0.4, -0.2) is 23.0 Å². The Kier molecular flexibility index (Phi) is 5.78. The third-order valence-electron chi connectivity index (χ3n) is 2.82. The van der Waals surface area contributed by atoms with Crippen molar-refractivity contribution in [3.8, 4) is 0 Å². The van der Waals surface area contributed by atoms with Crippen LogP contribution in [0.25, 0.3) is 0 Å². The fourth-order valence-electron chi connectivity index (χ4n) is 1.78. The van der Waals surface area contributed by atoms with E-state index in [1.807, 2.05) is 26.8 Å². The molecule has 0 fully saturated rings. The van der Waals surface area contributed by atoms with Gasteiger partial charge >= 0.3 is 5.97 Å². The molecule has 1 amide bonds. The summed E-state index contributed by atoms with van der Waals surface area (Å²) in [5.74, 6) is -1.12. The van der Waals surface area contributed by atoms with Crippen molar-refractivity contribution >= 4 is 34.5 Å². The molecule has 1 aromatic rings. The number of rotatable bonds is 5. The third kappa shape index (κ3) is 4.49. The Labute approximate surface area is 126 Å². The van der Waals surface area contributed by atoms with Gasteiger partial charge in [-0.25, -0.2) is 4.79 Å². The summed E-state index contributed by atoms with van der Waals surface area (Å²) >= 11 is 2.15. The number of nitrogens with one attached hydrogen (secondary N) is 1. The molecule has 1 rings (SSSR count). The molecule has 0 unspecified atom stereocenters. The Morgan fingerprint density at radius 1 is 1.37 bits per heavy atom. The van der Waals surface area contributed by atoms with Gasteiger partial charge in [-0.05, 0) is 59.5 Å². The summed E-state index contributed by atoms with van der Waals surface area (Å²) in [6.07, 6.45) is 0.421. The number of benzene rings is 1. The Bertz CT molecular complexity index is 486. The molecule has 104 valence electrons. The van der Waals surface area contributed by atoms with E-state index in [9.17, 15) is 9.59 Å². The number of carboxylic acid groups (broad SMARTS) is 1. The molecule has 5 heteroatoms. The highest BCUT2D eigenvalue weighted by atomic mass is 127. The van der Waals surface area contributed by atoms with E-state index in [2.05, 4.69) is 27.9 Å². The normalized spacial score (nSPS) is 12.3. The highest BCUT2D eigenvalue weighted by molar-refractivity contribution is 14.1. The topological polar surface area (TPSA) is 66.4 Å². The standard InChI is InChI=1S/C14H18INO3/c1-8(2)7-12(14(18)19)16-13(17)10-5-4-6-11(15)9(10)3/h4-6,8,12H,7H2,1-3H3,(H,16,17)(H,18,19)/t12-/m0/s1.